The Labute approximate surface area is 211 Å². The molecule has 10 nitrogen and oxygen atoms in total. The van der Waals surface area contributed by atoms with E-state index in [0.29, 0.717) is 23.1 Å². The lowest BCUT2D eigenvalue weighted by molar-refractivity contribution is -0.113. The van der Waals surface area contributed by atoms with E-state index in [2.05, 4.69) is 15.5 Å². The van der Waals surface area contributed by atoms with Crippen LogP contribution in [0.4, 0.5) is 5.00 Å². The SMILES string of the molecule is CCn1c(SCC(=O)Nc2sc(C(=O)OC)c(C)c2C(=O)OC)nnc1C(C)Oc1ccccc1. The topological polar surface area (TPSA) is 122 Å². The van der Waals surface area contributed by atoms with Gasteiger partial charge in [-0.25, -0.2) is 9.59 Å². The van der Waals surface area contributed by atoms with Crippen molar-refractivity contribution in [1.29, 1.82) is 0 Å². The summed E-state index contributed by atoms with van der Waals surface area (Å²) in [6.07, 6.45) is -0.346. The maximum atomic E-state index is 12.7. The van der Waals surface area contributed by atoms with Gasteiger partial charge in [-0.15, -0.1) is 21.5 Å². The first-order valence-corrected chi connectivity index (χ1v) is 12.5. The van der Waals surface area contributed by atoms with Crippen LogP contribution in [0.1, 0.15) is 51.4 Å². The minimum Gasteiger partial charge on any atom is -0.483 e. The molecule has 35 heavy (non-hydrogen) atoms. The Hall–Kier alpha value is -3.38. The molecule has 0 aliphatic heterocycles. The van der Waals surface area contributed by atoms with Crippen LogP contribution in [-0.4, -0.2) is 52.6 Å². The average molecular weight is 519 g/mol. The van der Waals surface area contributed by atoms with Crippen LogP contribution in [0.3, 0.4) is 0 Å². The maximum absolute atomic E-state index is 12.7. The van der Waals surface area contributed by atoms with Crippen LogP contribution >= 0.6 is 23.1 Å². The smallest absolute Gasteiger partial charge is 0.348 e. The second kappa shape index (κ2) is 11.8. The normalized spacial score (nSPS) is 11.6. The van der Waals surface area contributed by atoms with Gasteiger partial charge in [0.1, 0.15) is 15.6 Å². The van der Waals surface area contributed by atoms with Crippen LogP contribution in [0.25, 0.3) is 0 Å². The standard InChI is InChI=1S/C23H26N4O6S2/c1-6-27-19(14(3)33-15-10-8-7-9-11-15)25-26-23(27)34-12-16(28)24-20-17(21(29)31-4)13(2)18(35-20)22(30)32-5/h7-11,14H,6,12H2,1-5H3,(H,24,28). The van der Waals surface area contributed by atoms with Crippen LogP contribution in [-0.2, 0) is 20.8 Å². The summed E-state index contributed by atoms with van der Waals surface area (Å²) in [5.41, 5.74) is 0.515. The van der Waals surface area contributed by atoms with E-state index in [1.807, 2.05) is 48.7 Å². The molecule has 0 aliphatic carbocycles. The first-order valence-electron chi connectivity index (χ1n) is 10.7. The molecule has 2 heterocycles. The lowest BCUT2D eigenvalue weighted by Crippen LogP contribution is -2.17. The van der Waals surface area contributed by atoms with Crippen molar-refractivity contribution in [1.82, 2.24) is 14.8 Å². The zero-order valence-corrected chi connectivity index (χ0v) is 21.6. The summed E-state index contributed by atoms with van der Waals surface area (Å²) < 4.78 is 17.4. The van der Waals surface area contributed by atoms with Crippen molar-refractivity contribution in [3.8, 4) is 5.75 Å². The molecular formula is C23H26N4O6S2. The predicted molar refractivity (Wildman–Crippen MR) is 132 cm³/mol. The molecule has 0 saturated heterocycles. The van der Waals surface area contributed by atoms with Gasteiger partial charge in [0, 0.05) is 6.54 Å². The van der Waals surface area contributed by atoms with Crippen molar-refractivity contribution in [3.05, 3.63) is 52.2 Å². The van der Waals surface area contributed by atoms with E-state index < -0.39 is 11.9 Å². The molecular weight excluding hydrogens is 492 g/mol. The van der Waals surface area contributed by atoms with Crippen molar-refractivity contribution in [3.63, 3.8) is 0 Å². The van der Waals surface area contributed by atoms with E-state index in [-0.39, 0.29) is 33.2 Å². The lowest BCUT2D eigenvalue weighted by Gasteiger charge is -2.15. The number of hydrogen-bond acceptors (Lipinski definition) is 10. The van der Waals surface area contributed by atoms with E-state index in [1.54, 1.807) is 6.92 Å². The zero-order chi connectivity index (χ0) is 25.5. The summed E-state index contributed by atoms with van der Waals surface area (Å²) in [4.78, 5) is 37.2. The quantitative estimate of drug-likeness (QED) is 0.312. The number of thiophene rings is 1. The summed E-state index contributed by atoms with van der Waals surface area (Å²) in [6, 6.07) is 9.42. The third-order valence-electron chi connectivity index (χ3n) is 4.97. The number of carbonyl (C=O) groups excluding carboxylic acids is 3. The van der Waals surface area contributed by atoms with Gasteiger partial charge in [-0.05, 0) is 38.5 Å². The monoisotopic (exact) mass is 518 g/mol. The van der Waals surface area contributed by atoms with Crippen LogP contribution in [0.15, 0.2) is 35.5 Å². The number of carbonyl (C=O) groups is 3. The fraction of sp³-hybridized carbons (Fsp3) is 0.348. The van der Waals surface area contributed by atoms with Crippen molar-refractivity contribution >= 4 is 45.9 Å². The number of thioether (sulfide) groups is 1. The largest absolute Gasteiger partial charge is 0.483 e. The third kappa shape index (κ3) is 6.01. The second-order valence-corrected chi connectivity index (χ2v) is 9.20. The molecule has 0 bridgehead atoms. The number of amides is 1. The highest BCUT2D eigenvalue weighted by molar-refractivity contribution is 7.99. The molecule has 0 spiro atoms. The summed E-state index contributed by atoms with van der Waals surface area (Å²) in [5, 5.41) is 12.0. The molecule has 186 valence electrons. The fourth-order valence-electron chi connectivity index (χ4n) is 3.29. The van der Waals surface area contributed by atoms with E-state index in [1.165, 1.54) is 26.0 Å². The van der Waals surface area contributed by atoms with Gasteiger partial charge >= 0.3 is 11.9 Å². The number of rotatable bonds is 10. The lowest BCUT2D eigenvalue weighted by atomic mass is 10.1. The second-order valence-electron chi connectivity index (χ2n) is 7.24. The molecule has 1 aromatic carbocycles. The molecule has 3 aromatic rings. The number of aromatic nitrogens is 3. The molecule has 1 atom stereocenters. The van der Waals surface area contributed by atoms with Crippen LogP contribution in [0.2, 0.25) is 0 Å². The van der Waals surface area contributed by atoms with Crippen molar-refractivity contribution in [2.24, 2.45) is 0 Å². The summed E-state index contributed by atoms with van der Waals surface area (Å²) in [6.45, 7) is 6.03. The van der Waals surface area contributed by atoms with Gasteiger partial charge in [-0.2, -0.15) is 0 Å². The molecule has 1 unspecified atom stereocenters. The number of esters is 2. The van der Waals surface area contributed by atoms with Gasteiger partial charge in [0.2, 0.25) is 5.91 Å². The first-order chi connectivity index (χ1) is 16.8. The van der Waals surface area contributed by atoms with E-state index in [4.69, 9.17) is 14.2 Å². The predicted octanol–water partition coefficient (Wildman–Crippen LogP) is 4.11. The number of nitrogens with zero attached hydrogens (tertiary/aromatic N) is 3. The van der Waals surface area contributed by atoms with E-state index in [9.17, 15) is 14.4 Å². The molecule has 0 aliphatic rings. The molecule has 0 fully saturated rings. The number of methoxy groups -OCH3 is 2. The number of para-hydroxylation sites is 1. The van der Waals surface area contributed by atoms with Crippen LogP contribution < -0.4 is 10.1 Å². The van der Waals surface area contributed by atoms with Gasteiger partial charge in [-0.1, -0.05) is 30.0 Å². The van der Waals surface area contributed by atoms with Gasteiger partial charge in [0.05, 0.1) is 25.5 Å². The summed E-state index contributed by atoms with van der Waals surface area (Å²) in [5.74, 6) is -0.250. The van der Waals surface area contributed by atoms with Gasteiger partial charge < -0.3 is 24.1 Å². The number of nitrogens with one attached hydrogen (secondary N) is 1. The Bertz CT molecular complexity index is 1210. The fourth-order valence-corrected chi connectivity index (χ4v) is 5.23. The minimum absolute atomic E-state index is 0.0111. The van der Waals surface area contributed by atoms with Crippen molar-refractivity contribution < 1.29 is 28.6 Å². The van der Waals surface area contributed by atoms with Crippen LogP contribution in [0, 0.1) is 6.92 Å². The molecule has 1 N–H and O–H groups in total. The number of benzene rings is 1. The highest BCUT2D eigenvalue weighted by atomic mass is 32.2. The first kappa shape index (κ1) is 26.2. The molecule has 0 radical (unpaired) electrons. The highest BCUT2D eigenvalue weighted by Crippen LogP contribution is 2.34. The summed E-state index contributed by atoms with van der Waals surface area (Å²) >= 11 is 2.17. The molecule has 2 aromatic heterocycles. The van der Waals surface area contributed by atoms with Crippen LogP contribution in [0.5, 0.6) is 5.75 Å². The van der Waals surface area contributed by atoms with Gasteiger partial charge in [-0.3, -0.25) is 4.79 Å². The van der Waals surface area contributed by atoms with Crippen molar-refractivity contribution in [2.75, 3.05) is 25.3 Å². The molecule has 12 heteroatoms. The van der Waals surface area contributed by atoms with Crippen molar-refractivity contribution in [2.45, 2.75) is 38.6 Å². The van der Waals surface area contributed by atoms with E-state index >= 15 is 0 Å². The third-order valence-corrected chi connectivity index (χ3v) is 7.13. The molecule has 1 amide bonds. The Morgan fingerprint density at radius 3 is 2.43 bits per heavy atom. The number of anilines is 1. The number of hydrogen-bond donors (Lipinski definition) is 1. The molecule has 0 saturated carbocycles. The summed E-state index contributed by atoms with van der Waals surface area (Å²) in [7, 11) is 2.48. The minimum atomic E-state index is -0.653. The highest BCUT2D eigenvalue weighted by Gasteiger charge is 2.27. The van der Waals surface area contributed by atoms with E-state index in [0.717, 1.165) is 17.1 Å². The zero-order valence-electron chi connectivity index (χ0n) is 20.0. The molecule has 3 rings (SSSR count). The Morgan fingerprint density at radius 2 is 1.80 bits per heavy atom. The van der Waals surface area contributed by atoms with Gasteiger partial charge in [0.15, 0.2) is 17.1 Å². The Balaban J connectivity index is 1.71. The van der Waals surface area contributed by atoms with Gasteiger partial charge in [0.25, 0.3) is 0 Å². The number of ether oxygens (including phenoxy) is 3. The maximum Gasteiger partial charge on any atom is 0.348 e. The Morgan fingerprint density at radius 1 is 1.11 bits per heavy atom. The Kier molecular flexibility index (Phi) is 8.88. The average Bonchev–Trinajstić information content (AvgIpc) is 3.42.